The molecule has 0 spiro atoms. The van der Waals surface area contributed by atoms with Crippen molar-refractivity contribution in [3.63, 3.8) is 0 Å². The van der Waals surface area contributed by atoms with Crippen LogP contribution in [0.15, 0.2) is 0 Å². The van der Waals surface area contributed by atoms with Crippen LogP contribution in [-0.2, 0) is 0 Å². The van der Waals surface area contributed by atoms with Crippen LogP contribution in [-0.4, -0.2) is 23.5 Å². The van der Waals surface area contributed by atoms with Gasteiger partial charge in [-0.05, 0) is 46.2 Å². The van der Waals surface area contributed by atoms with E-state index in [1.54, 1.807) is 0 Å². The van der Waals surface area contributed by atoms with Crippen molar-refractivity contribution in [2.75, 3.05) is 13.1 Å². The molecule has 1 heteroatoms. The minimum atomic E-state index is 0.465. The summed E-state index contributed by atoms with van der Waals surface area (Å²) < 4.78 is 0. The summed E-state index contributed by atoms with van der Waals surface area (Å²) in [6, 6.07) is 0. The summed E-state index contributed by atoms with van der Waals surface area (Å²) in [7, 11) is 0. The van der Waals surface area contributed by atoms with Crippen molar-refractivity contribution in [2.45, 2.75) is 58.4 Å². The largest absolute Gasteiger partial charge is 0.298 e. The highest BCUT2D eigenvalue weighted by atomic mass is 15.2. The molecule has 72 valence electrons. The minimum absolute atomic E-state index is 0.465. The molecule has 0 aromatic rings. The van der Waals surface area contributed by atoms with E-state index >= 15 is 0 Å². The first kappa shape index (κ1) is 10.0. The summed E-state index contributed by atoms with van der Waals surface area (Å²) in [5, 5.41) is 0. The number of unbranched alkanes of at least 4 members (excludes halogenated alkanes) is 1. The molecule has 0 saturated carbocycles. The fourth-order valence-corrected chi connectivity index (χ4v) is 2.09. The molecule has 0 aromatic heterocycles. The van der Waals surface area contributed by atoms with Gasteiger partial charge in [-0.15, -0.1) is 0 Å². The van der Waals surface area contributed by atoms with Crippen molar-refractivity contribution in [3.05, 3.63) is 0 Å². The second-order valence-corrected chi connectivity index (χ2v) is 4.61. The topological polar surface area (TPSA) is 3.24 Å². The Hall–Kier alpha value is -0.0400. The summed E-state index contributed by atoms with van der Waals surface area (Å²) in [6.45, 7) is 9.73. The van der Waals surface area contributed by atoms with Crippen LogP contribution in [0.5, 0.6) is 0 Å². The quantitative estimate of drug-likeness (QED) is 0.625. The van der Waals surface area contributed by atoms with Crippen molar-refractivity contribution in [2.24, 2.45) is 0 Å². The number of hydrogen-bond donors (Lipinski definition) is 0. The minimum Gasteiger partial charge on any atom is -0.298 e. The fourth-order valence-electron chi connectivity index (χ4n) is 2.09. The first-order valence-corrected chi connectivity index (χ1v) is 5.42. The van der Waals surface area contributed by atoms with Crippen molar-refractivity contribution in [1.29, 1.82) is 0 Å². The Bertz CT molecular complexity index is 123. The van der Waals surface area contributed by atoms with Gasteiger partial charge in [0, 0.05) is 5.54 Å². The smallest absolute Gasteiger partial charge is 0.0153 e. The zero-order chi connectivity index (χ0) is 9.03. The normalized spacial score (nSPS) is 20.2. The maximum atomic E-state index is 2.66. The Labute approximate surface area is 77.1 Å². The molecule has 0 amide bonds. The third-order valence-corrected chi connectivity index (χ3v) is 3.10. The molecule has 0 aromatic carbocycles. The van der Waals surface area contributed by atoms with E-state index in [9.17, 15) is 0 Å². The van der Waals surface area contributed by atoms with Gasteiger partial charge in [0.1, 0.15) is 0 Å². The second kappa shape index (κ2) is 4.27. The lowest BCUT2D eigenvalue weighted by molar-refractivity contribution is 0.141. The predicted octanol–water partition coefficient (Wildman–Crippen LogP) is 3.05. The first-order chi connectivity index (χ1) is 5.67. The molecule has 1 aliphatic rings. The van der Waals surface area contributed by atoms with Crippen LogP contribution in [0, 0.1) is 0 Å². The molecule has 12 heavy (non-hydrogen) atoms. The molecule has 1 rings (SSSR count). The van der Waals surface area contributed by atoms with Crippen LogP contribution in [0.25, 0.3) is 0 Å². The van der Waals surface area contributed by atoms with E-state index in [1.807, 2.05) is 0 Å². The third kappa shape index (κ3) is 2.48. The lowest BCUT2D eigenvalue weighted by Gasteiger charge is -2.35. The van der Waals surface area contributed by atoms with Gasteiger partial charge < -0.3 is 0 Å². The molecule has 1 fully saturated rings. The summed E-state index contributed by atoms with van der Waals surface area (Å²) in [6.07, 6.45) is 6.90. The standard InChI is InChI=1S/C11H23N/c1-4-5-8-11(2,3)12-9-6-7-10-12/h4-10H2,1-3H3. The SMILES string of the molecule is CCCCC(C)(C)N1CCCC1. The molecule has 0 atom stereocenters. The predicted molar refractivity (Wildman–Crippen MR) is 54.4 cm³/mol. The molecular formula is C11H23N. The average Bonchev–Trinajstić information content (AvgIpc) is 2.53. The van der Waals surface area contributed by atoms with Crippen LogP contribution >= 0.6 is 0 Å². The van der Waals surface area contributed by atoms with Gasteiger partial charge in [0.25, 0.3) is 0 Å². The van der Waals surface area contributed by atoms with E-state index in [4.69, 9.17) is 0 Å². The van der Waals surface area contributed by atoms with Crippen molar-refractivity contribution in [1.82, 2.24) is 4.90 Å². The van der Waals surface area contributed by atoms with Gasteiger partial charge in [-0.3, -0.25) is 4.90 Å². The molecule has 1 nitrogen and oxygen atoms in total. The molecule has 1 saturated heterocycles. The van der Waals surface area contributed by atoms with Crippen LogP contribution < -0.4 is 0 Å². The zero-order valence-electron chi connectivity index (χ0n) is 8.90. The van der Waals surface area contributed by atoms with Crippen LogP contribution in [0.1, 0.15) is 52.9 Å². The van der Waals surface area contributed by atoms with Gasteiger partial charge in [-0.25, -0.2) is 0 Å². The Kier molecular flexibility index (Phi) is 3.57. The van der Waals surface area contributed by atoms with E-state index in [-0.39, 0.29) is 0 Å². The molecule has 0 aliphatic carbocycles. The molecular weight excluding hydrogens is 146 g/mol. The monoisotopic (exact) mass is 169 g/mol. The summed E-state index contributed by atoms with van der Waals surface area (Å²) in [5.74, 6) is 0. The summed E-state index contributed by atoms with van der Waals surface area (Å²) in [5.41, 5.74) is 0.465. The average molecular weight is 169 g/mol. The van der Waals surface area contributed by atoms with E-state index in [2.05, 4.69) is 25.7 Å². The summed E-state index contributed by atoms with van der Waals surface area (Å²) in [4.78, 5) is 2.66. The number of nitrogens with zero attached hydrogens (tertiary/aromatic N) is 1. The number of hydrogen-bond acceptors (Lipinski definition) is 1. The van der Waals surface area contributed by atoms with Gasteiger partial charge in [0.15, 0.2) is 0 Å². The third-order valence-electron chi connectivity index (χ3n) is 3.10. The highest BCUT2D eigenvalue weighted by Crippen LogP contribution is 2.25. The molecule has 0 radical (unpaired) electrons. The molecule has 0 unspecified atom stereocenters. The lowest BCUT2D eigenvalue weighted by atomic mass is 9.96. The maximum Gasteiger partial charge on any atom is 0.0153 e. The lowest BCUT2D eigenvalue weighted by Crippen LogP contribution is -2.41. The first-order valence-electron chi connectivity index (χ1n) is 5.42. The summed E-state index contributed by atoms with van der Waals surface area (Å²) >= 11 is 0. The van der Waals surface area contributed by atoms with E-state index < -0.39 is 0 Å². The fraction of sp³-hybridized carbons (Fsp3) is 1.00. The van der Waals surface area contributed by atoms with Crippen molar-refractivity contribution >= 4 is 0 Å². The van der Waals surface area contributed by atoms with Crippen molar-refractivity contribution in [3.8, 4) is 0 Å². The van der Waals surface area contributed by atoms with Crippen LogP contribution in [0.2, 0.25) is 0 Å². The molecule has 0 bridgehead atoms. The van der Waals surface area contributed by atoms with Crippen molar-refractivity contribution < 1.29 is 0 Å². The Morgan fingerprint density at radius 2 is 1.75 bits per heavy atom. The highest BCUT2D eigenvalue weighted by Gasteiger charge is 2.27. The van der Waals surface area contributed by atoms with E-state index in [0.717, 1.165) is 0 Å². The Morgan fingerprint density at radius 1 is 1.17 bits per heavy atom. The molecule has 1 aliphatic heterocycles. The van der Waals surface area contributed by atoms with Crippen LogP contribution in [0.3, 0.4) is 0 Å². The molecule has 1 heterocycles. The van der Waals surface area contributed by atoms with Gasteiger partial charge in [-0.1, -0.05) is 19.8 Å². The van der Waals surface area contributed by atoms with Gasteiger partial charge in [0.2, 0.25) is 0 Å². The van der Waals surface area contributed by atoms with Crippen LogP contribution in [0.4, 0.5) is 0 Å². The van der Waals surface area contributed by atoms with E-state index in [0.29, 0.717) is 5.54 Å². The van der Waals surface area contributed by atoms with Gasteiger partial charge in [0.05, 0.1) is 0 Å². The van der Waals surface area contributed by atoms with E-state index in [1.165, 1.54) is 45.2 Å². The Balaban J connectivity index is 2.34. The molecule has 0 N–H and O–H groups in total. The second-order valence-electron chi connectivity index (χ2n) is 4.61. The zero-order valence-corrected chi connectivity index (χ0v) is 8.90. The van der Waals surface area contributed by atoms with Gasteiger partial charge in [-0.2, -0.15) is 0 Å². The number of likely N-dealkylation sites (tertiary alicyclic amines) is 1. The Morgan fingerprint density at radius 3 is 2.25 bits per heavy atom. The van der Waals surface area contributed by atoms with Gasteiger partial charge >= 0.3 is 0 Å². The number of rotatable bonds is 4. The highest BCUT2D eigenvalue weighted by molar-refractivity contribution is 4.84. The maximum absolute atomic E-state index is 2.66.